The summed E-state index contributed by atoms with van der Waals surface area (Å²) in [5.74, 6) is -2.54. The second kappa shape index (κ2) is 12.1. The molecule has 34 heavy (non-hydrogen) atoms. The summed E-state index contributed by atoms with van der Waals surface area (Å²) in [6.07, 6.45) is -3.63. The number of hydrogen-bond acceptors (Lipinski definition) is 7. The molecule has 0 bridgehead atoms. The van der Waals surface area contributed by atoms with Crippen LogP contribution in [0.3, 0.4) is 0 Å². The maximum atomic E-state index is 12.3. The van der Waals surface area contributed by atoms with Crippen LogP contribution in [0.1, 0.15) is 6.42 Å². The zero-order valence-electron chi connectivity index (χ0n) is 17.6. The van der Waals surface area contributed by atoms with Crippen molar-refractivity contribution >= 4 is 49.1 Å². The maximum Gasteiger partial charge on any atom is 0.490 e. The zero-order valence-corrected chi connectivity index (χ0v) is 20.0. The molecule has 1 fully saturated rings. The first-order valence-corrected chi connectivity index (χ1v) is 12.2. The molecule has 0 saturated carbocycles. The Kier molecular flexibility index (Phi) is 9.82. The number of nitrogens with one attached hydrogen (secondary N) is 1. The number of alkyl halides is 3. The number of carbonyl (C=O) groups excluding carboxylic acids is 1. The van der Waals surface area contributed by atoms with Crippen molar-refractivity contribution < 1.29 is 41.0 Å². The van der Waals surface area contributed by atoms with Gasteiger partial charge in [-0.1, -0.05) is 15.9 Å². The molecule has 1 amide bonds. The molecule has 1 aromatic carbocycles. The Balaban J connectivity index is 0.000000509. The quantitative estimate of drug-likeness (QED) is 0.545. The third-order valence-corrected chi connectivity index (χ3v) is 6.64. The van der Waals surface area contributed by atoms with Crippen LogP contribution in [-0.2, 0) is 24.2 Å². The number of ether oxygens (including phenoxy) is 1. The average molecular weight is 568 g/mol. The van der Waals surface area contributed by atoms with Gasteiger partial charge < -0.3 is 20.1 Å². The molecule has 0 spiro atoms. The van der Waals surface area contributed by atoms with Crippen LogP contribution in [0.25, 0.3) is 0 Å². The molecule has 1 aromatic heterocycles. The highest BCUT2D eigenvalue weighted by Crippen LogP contribution is 2.18. The van der Waals surface area contributed by atoms with Crippen LogP contribution in [0.15, 0.2) is 52.0 Å². The van der Waals surface area contributed by atoms with Crippen molar-refractivity contribution in [1.82, 2.24) is 4.98 Å². The van der Waals surface area contributed by atoms with E-state index in [-0.39, 0.29) is 23.0 Å². The van der Waals surface area contributed by atoms with E-state index in [1.807, 2.05) is 6.07 Å². The SMILES string of the molecule is O=C(CCS(=O)(=O)c1ccc(Br)cc1)Nc1ccc(N2CCOCC2)nc1.O=C(O)C(F)(F)F. The zero-order chi connectivity index (χ0) is 25.4. The normalized spacial score (nSPS) is 14.1. The summed E-state index contributed by atoms with van der Waals surface area (Å²) in [7, 11) is -3.50. The van der Waals surface area contributed by atoms with Gasteiger partial charge in [-0.25, -0.2) is 18.2 Å². The van der Waals surface area contributed by atoms with E-state index in [9.17, 15) is 26.4 Å². The van der Waals surface area contributed by atoms with E-state index in [4.69, 9.17) is 14.6 Å². The number of carboxylic acid groups (broad SMARTS) is 1. The van der Waals surface area contributed by atoms with E-state index in [1.54, 1.807) is 24.4 Å². The fourth-order valence-electron chi connectivity index (χ4n) is 2.65. The summed E-state index contributed by atoms with van der Waals surface area (Å²) < 4.78 is 62.4. The van der Waals surface area contributed by atoms with Gasteiger partial charge in [-0.15, -0.1) is 0 Å². The summed E-state index contributed by atoms with van der Waals surface area (Å²) in [6, 6.07) is 9.96. The number of benzene rings is 1. The van der Waals surface area contributed by atoms with Crippen LogP contribution in [-0.4, -0.2) is 68.6 Å². The van der Waals surface area contributed by atoms with Crippen LogP contribution in [0.4, 0.5) is 24.7 Å². The van der Waals surface area contributed by atoms with Gasteiger partial charge in [0.15, 0.2) is 9.84 Å². The van der Waals surface area contributed by atoms with E-state index in [0.717, 1.165) is 23.4 Å². The van der Waals surface area contributed by atoms with Crippen molar-refractivity contribution in [3.05, 3.63) is 47.1 Å². The van der Waals surface area contributed by atoms with Gasteiger partial charge in [0.1, 0.15) is 5.82 Å². The number of pyridine rings is 1. The van der Waals surface area contributed by atoms with Crippen LogP contribution in [0, 0.1) is 0 Å². The van der Waals surface area contributed by atoms with Crippen LogP contribution in [0.5, 0.6) is 0 Å². The predicted octanol–water partition coefficient (Wildman–Crippen LogP) is 3.12. The topological polar surface area (TPSA) is 126 Å². The third kappa shape index (κ3) is 8.91. The smallest absolute Gasteiger partial charge is 0.475 e. The molecular formula is C20H21BrF3N3O6S. The lowest BCUT2D eigenvalue weighted by Gasteiger charge is -2.27. The summed E-state index contributed by atoms with van der Waals surface area (Å²) in [5, 5.41) is 9.81. The minimum absolute atomic E-state index is 0.121. The van der Waals surface area contributed by atoms with Crippen molar-refractivity contribution in [2.75, 3.05) is 42.3 Å². The number of amides is 1. The lowest BCUT2D eigenvalue weighted by atomic mass is 10.3. The van der Waals surface area contributed by atoms with Gasteiger partial charge in [0, 0.05) is 24.0 Å². The Hall–Kier alpha value is -2.71. The van der Waals surface area contributed by atoms with Crippen LogP contribution in [0.2, 0.25) is 0 Å². The van der Waals surface area contributed by atoms with Gasteiger partial charge in [0.25, 0.3) is 0 Å². The molecule has 1 aliphatic rings. The highest BCUT2D eigenvalue weighted by atomic mass is 79.9. The summed E-state index contributed by atoms with van der Waals surface area (Å²) in [4.78, 5) is 27.7. The number of aliphatic carboxylic acids is 1. The van der Waals surface area contributed by atoms with E-state index < -0.39 is 22.0 Å². The first kappa shape index (κ1) is 27.5. The second-order valence-electron chi connectivity index (χ2n) is 6.88. The van der Waals surface area contributed by atoms with Crippen LogP contribution < -0.4 is 10.2 Å². The highest BCUT2D eigenvalue weighted by molar-refractivity contribution is 9.10. The predicted molar refractivity (Wildman–Crippen MR) is 120 cm³/mol. The Morgan fingerprint density at radius 3 is 2.21 bits per heavy atom. The van der Waals surface area contributed by atoms with Gasteiger partial charge in [0.05, 0.1) is 35.7 Å². The number of rotatable bonds is 6. The van der Waals surface area contributed by atoms with E-state index in [2.05, 4.69) is 31.1 Å². The Labute approximate surface area is 202 Å². The maximum absolute atomic E-state index is 12.3. The molecule has 2 N–H and O–H groups in total. The Morgan fingerprint density at radius 2 is 1.71 bits per heavy atom. The lowest BCUT2D eigenvalue weighted by molar-refractivity contribution is -0.192. The molecule has 14 heteroatoms. The van der Waals surface area contributed by atoms with Gasteiger partial charge in [-0.3, -0.25) is 4.79 Å². The molecule has 2 heterocycles. The minimum Gasteiger partial charge on any atom is -0.475 e. The molecule has 1 aliphatic heterocycles. The summed E-state index contributed by atoms with van der Waals surface area (Å²) >= 11 is 3.27. The fourth-order valence-corrected chi connectivity index (χ4v) is 4.15. The molecule has 3 rings (SSSR count). The van der Waals surface area contributed by atoms with E-state index in [0.29, 0.717) is 18.9 Å². The molecule has 186 valence electrons. The molecule has 0 atom stereocenters. The summed E-state index contributed by atoms with van der Waals surface area (Å²) in [6.45, 7) is 2.92. The van der Waals surface area contributed by atoms with E-state index >= 15 is 0 Å². The minimum atomic E-state index is -5.08. The van der Waals surface area contributed by atoms with Crippen molar-refractivity contribution in [3.63, 3.8) is 0 Å². The Morgan fingerprint density at radius 1 is 1.12 bits per heavy atom. The molecule has 2 aromatic rings. The molecule has 0 aliphatic carbocycles. The molecule has 1 saturated heterocycles. The standard InChI is InChI=1S/C18H20BrN3O4S.C2HF3O2/c19-14-1-4-16(5-2-14)27(24,25)12-7-18(23)21-15-3-6-17(20-13-15)22-8-10-26-11-9-22;3-2(4,5)1(6)7/h1-6,13H,7-12H2,(H,21,23);(H,6,7). The Bertz CT molecular complexity index is 1070. The number of halogens is 4. The number of nitrogens with zero attached hydrogens (tertiary/aromatic N) is 2. The fraction of sp³-hybridized carbons (Fsp3) is 0.350. The average Bonchev–Trinajstić information content (AvgIpc) is 2.79. The molecular weight excluding hydrogens is 547 g/mol. The van der Waals surface area contributed by atoms with Crippen LogP contribution >= 0.6 is 15.9 Å². The molecule has 9 nitrogen and oxygen atoms in total. The van der Waals surface area contributed by atoms with Crippen molar-refractivity contribution in [3.8, 4) is 0 Å². The number of carbonyl (C=O) groups is 2. The largest absolute Gasteiger partial charge is 0.490 e. The van der Waals surface area contributed by atoms with Gasteiger partial charge >= 0.3 is 12.1 Å². The number of anilines is 2. The van der Waals surface area contributed by atoms with Crippen molar-refractivity contribution in [1.29, 1.82) is 0 Å². The first-order valence-electron chi connectivity index (χ1n) is 9.75. The number of carboxylic acids is 1. The summed E-state index contributed by atoms with van der Waals surface area (Å²) in [5.41, 5.74) is 0.540. The second-order valence-corrected chi connectivity index (χ2v) is 9.90. The molecule has 0 unspecified atom stereocenters. The molecule has 0 radical (unpaired) electrons. The van der Waals surface area contributed by atoms with Gasteiger partial charge in [0.2, 0.25) is 5.91 Å². The number of aromatic nitrogens is 1. The number of morpholine rings is 1. The highest BCUT2D eigenvalue weighted by Gasteiger charge is 2.38. The van der Waals surface area contributed by atoms with Crippen molar-refractivity contribution in [2.24, 2.45) is 0 Å². The monoisotopic (exact) mass is 567 g/mol. The van der Waals surface area contributed by atoms with Gasteiger partial charge in [-0.2, -0.15) is 13.2 Å². The number of hydrogen-bond donors (Lipinski definition) is 2. The first-order chi connectivity index (χ1) is 15.9. The van der Waals surface area contributed by atoms with E-state index in [1.165, 1.54) is 12.1 Å². The lowest BCUT2D eigenvalue weighted by Crippen LogP contribution is -2.36. The third-order valence-electron chi connectivity index (χ3n) is 4.38. The van der Waals surface area contributed by atoms with Crippen molar-refractivity contribution in [2.45, 2.75) is 17.5 Å². The van der Waals surface area contributed by atoms with Gasteiger partial charge in [-0.05, 0) is 36.4 Å². The number of sulfone groups is 1.